The summed E-state index contributed by atoms with van der Waals surface area (Å²) in [6.07, 6.45) is 1.77. The molecule has 1 aromatic carbocycles. The van der Waals surface area contributed by atoms with Gasteiger partial charge < -0.3 is 10.1 Å². The normalized spacial score (nSPS) is 14.2. The van der Waals surface area contributed by atoms with E-state index in [0.717, 1.165) is 12.5 Å². The van der Waals surface area contributed by atoms with Crippen LogP contribution in [-0.2, 0) is 14.3 Å². The van der Waals surface area contributed by atoms with Crippen molar-refractivity contribution in [3.8, 4) is 0 Å². The zero-order valence-corrected chi connectivity index (χ0v) is 12.3. The fourth-order valence-corrected chi connectivity index (χ4v) is 2.44. The molecule has 0 atom stereocenters. The minimum Gasteiger partial charge on any atom is -0.463 e. The van der Waals surface area contributed by atoms with E-state index >= 15 is 0 Å². The molecule has 1 aliphatic carbocycles. The topological polar surface area (TPSA) is 55.4 Å². The van der Waals surface area contributed by atoms with E-state index in [9.17, 15) is 14.0 Å². The predicted octanol–water partition coefficient (Wildman–Crippen LogP) is 3.46. The molecule has 1 aromatic rings. The number of nitrogens with one attached hydrogen (secondary N) is 1. The summed E-state index contributed by atoms with van der Waals surface area (Å²) in [5.74, 6) is -1.33. The van der Waals surface area contributed by atoms with E-state index in [-0.39, 0.29) is 11.6 Å². The smallest absolute Gasteiger partial charge is 0.334 e. The van der Waals surface area contributed by atoms with Crippen LogP contribution in [0.25, 0.3) is 0 Å². The molecule has 1 aliphatic rings. The second-order valence-electron chi connectivity index (χ2n) is 4.61. The molecule has 6 heteroatoms. The van der Waals surface area contributed by atoms with Crippen LogP contribution in [0.4, 0.5) is 10.1 Å². The van der Waals surface area contributed by atoms with Crippen LogP contribution < -0.4 is 5.32 Å². The number of carbonyl (C=O) groups is 2. The average Bonchev–Trinajstić information content (AvgIpc) is 2.91. The lowest BCUT2D eigenvalue weighted by Crippen LogP contribution is -2.17. The van der Waals surface area contributed by atoms with E-state index < -0.39 is 17.7 Å². The van der Waals surface area contributed by atoms with Gasteiger partial charge in [-0.1, -0.05) is 11.6 Å². The number of esters is 1. The van der Waals surface area contributed by atoms with Gasteiger partial charge in [0.25, 0.3) is 5.91 Å². The van der Waals surface area contributed by atoms with Gasteiger partial charge in [0.2, 0.25) is 0 Å². The molecule has 0 fully saturated rings. The highest BCUT2D eigenvalue weighted by molar-refractivity contribution is 6.34. The Morgan fingerprint density at radius 3 is 2.71 bits per heavy atom. The van der Waals surface area contributed by atoms with Crippen LogP contribution in [0.15, 0.2) is 29.3 Å². The lowest BCUT2D eigenvalue weighted by Gasteiger charge is -2.09. The highest BCUT2D eigenvalue weighted by Gasteiger charge is 2.26. The van der Waals surface area contributed by atoms with Crippen LogP contribution in [0.5, 0.6) is 0 Å². The van der Waals surface area contributed by atoms with Crippen molar-refractivity contribution in [1.29, 1.82) is 0 Å². The summed E-state index contributed by atoms with van der Waals surface area (Å²) in [6, 6.07) is 3.71. The van der Waals surface area contributed by atoms with Gasteiger partial charge in [0, 0.05) is 11.1 Å². The molecule has 0 radical (unpaired) electrons. The first-order chi connectivity index (χ1) is 10.0. The van der Waals surface area contributed by atoms with E-state index in [2.05, 4.69) is 5.32 Å². The summed E-state index contributed by atoms with van der Waals surface area (Å²) in [6.45, 7) is 1.98. The summed E-state index contributed by atoms with van der Waals surface area (Å²) in [4.78, 5) is 24.0. The number of hydrogen-bond donors (Lipinski definition) is 1. The number of anilines is 1. The third-order valence-corrected chi connectivity index (χ3v) is 3.51. The van der Waals surface area contributed by atoms with E-state index in [1.165, 1.54) is 12.1 Å². The van der Waals surface area contributed by atoms with Crippen LogP contribution in [-0.4, -0.2) is 18.5 Å². The van der Waals surface area contributed by atoms with Crippen molar-refractivity contribution in [2.45, 2.75) is 26.2 Å². The average molecular weight is 312 g/mol. The fourth-order valence-electron chi connectivity index (χ4n) is 2.23. The molecule has 0 saturated heterocycles. The van der Waals surface area contributed by atoms with Crippen LogP contribution in [0.2, 0.25) is 5.02 Å². The maximum absolute atomic E-state index is 13.0. The molecule has 0 unspecified atom stereocenters. The molecule has 0 aromatic heterocycles. The zero-order chi connectivity index (χ0) is 15.4. The van der Waals surface area contributed by atoms with E-state index in [1.54, 1.807) is 6.92 Å². The summed E-state index contributed by atoms with van der Waals surface area (Å²) in [5.41, 5.74) is 1.13. The van der Waals surface area contributed by atoms with Gasteiger partial charge >= 0.3 is 5.97 Å². The maximum atomic E-state index is 13.0. The van der Waals surface area contributed by atoms with Crippen molar-refractivity contribution < 1.29 is 18.7 Å². The van der Waals surface area contributed by atoms with Crippen molar-refractivity contribution >= 4 is 29.2 Å². The predicted molar refractivity (Wildman–Crippen MR) is 77.5 cm³/mol. The first-order valence-corrected chi connectivity index (χ1v) is 7.06. The molecule has 0 heterocycles. The number of hydrogen-bond acceptors (Lipinski definition) is 3. The Morgan fingerprint density at radius 2 is 2.05 bits per heavy atom. The zero-order valence-electron chi connectivity index (χ0n) is 11.5. The molecule has 1 N–H and O–H groups in total. The molecule has 1 amide bonds. The second-order valence-corrected chi connectivity index (χ2v) is 5.02. The Hall–Kier alpha value is -1.88. The Bertz CT molecular complexity index is 613. The summed E-state index contributed by atoms with van der Waals surface area (Å²) >= 11 is 5.87. The van der Waals surface area contributed by atoms with Crippen molar-refractivity contribution in [2.24, 2.45) is 0 Å². The molecule has 0 bridgehead atoms. The van der Waals surface area contributed by atoms with Gasteiger partial charge in [-0.3, -0.25) is 4.79 Å². The highest BCUT2D eigenvalue weighted by atomic mass is 35.5. The Balaban J connectivity index is 2.18. The molecule has 4 nitrogen and oxygen atoms in total. The minimum absolute atomic E-state index is 0.111. The third kappa shape index (κ3) is 3.61. The number of halogens is 2. The molecular weight excluding hydrogens is 297 g/mol. The van der Waals surface area contributed by atoms with Gasteiger partial charge in [0.05, 0.1) is 17.3 Å². The molecular formula is C15H15ClFNO3. The summed E-state index contributed by atoms with van der Waals surface area (Å²) in [7, 11) is 0. The summed E-state index contributed by atoms with van der Waals surface area (Å²) < 4.78 is 17.9. The van der Waals surface area contributed by atoms with Gasteiger partial charge in [0.15, 0.2) is 0 Å². The molecule has 2 rings (SSSR count). The second kappa shape index (κ2) is 6.72. The number of ether oxygens (including phenoxy) is 1. The van der Waals surface area contributed by atoms with Crippen LogP contribution in [0.3, 0.4) is 0 Å². The molecule has 21 heavy (non-hydrogen) atoms. The Labute approximate surface area is 126 Å². The van der Waals surface area contributed by atoms with Crippen LogP contribution in [0, 0.1) is 5.82 Å². The number of rotatable bonds is 4. The van der Waals surface area contributed by atoms with Crippen molar-refractivity contribution in [2.75, 3.05) is 11.9 Å². The first-order valence-electron chi connectivity index (χ1n) is 6.68. The molecule has 0 spiro atoms. The lowest BCUT2D eigenvalue weighted by molar-refractivity contribution is -0.138. The van der Waals surface area contributed by atoms with E-state index in [4.69, 9.17) is 16.3 Å². The number of benzene rings is 1. The van der Waals surface area contributed by atoms with Gasteiger partial charge in [-0.2, -0.15) is 0 Å². The van der Waals surface area contributed by atoms with E-state index in [1.807, 2.05) is 0 Å². The number of amides is 1. The van der Waals surface area contributed by atoms with Crippen molar-refractivity contribution in [3.63, 3.8) is 0 Å². The standard InChI is InChI=1S/C15H15ClFNO3/c1-2-21-15(20)11-5-3-4-10(11)14(19)18-13-7-6-9(17)8-12(13)16/h6-8H,2-5H2,1H3,(H,18,19). The monoisotopic (exact) mass is 311 g/mol. The van der Waals surface area contributed by atoms with Gasteiger partial charge in [-0.15, -0.1) is 0 Å². The molecule has 112 valence electrons. The van der Waals surface area contributed by atoms with Gasteiger partial charge in [-0.05, 0) is 44.4 Å². The number of carbonyl (C=O) groups excluding carboxylic acids is 2. The summed E-state index contributed by atoms with van der Waals surface area (Å²) in [5, 5.41) is 2.71. The van der Waals surface area contributed by atoms with Crippen LogP contribution >= 0.6 is 11.6 Å². The quantitative estimate of drug-likeness (QED) is 0.866. The minimum atomic E-state index is -0.481. The first kappa shape index (κ1) is 15.5. The Morgan fingerprint density at radius 1 is 1.33 bits per heavy atom. The maximum Gasteiger partial charge on any atom is 0.334 e. The third-order valence-electron chi connectivity index (χ3n) is 3.19. The molecule has 0 saturated carbocycles. The Kier molecular flexibility index (Phi) is 4.96. The van der Waals surface area contributed by atoms with Crippen molar-refractivity contribution in [3.05, 3.63) is 40.2 Å². The lowest BCUT2D eigenvalue weighted by atomic mass is 10.1. The van der Waals surface area contributed by atoms with Crippen LogP contribution in [0.1, 0.15) is 26.2 Å². The van der Waals surface area contributed by atoms with Crippen molar-refractivity contribution in [1.82, 2.24) is 0 Å². The fraction of sp³-hybridized carbons (Fsp3) is 0.333. The largest absolute Gasteiger partial charge is 0.463 e. The SMILES string of the molecule is CCOC(=O)C1=C(C(=O)Nc2ccc(F)cc2Cl)CCC1. The molecule has 0 aliphatic heterocycles. The van der Waals surface area contributed by atoms with Gasteiger partial charge in [-0.25, -0.2) is 9.18 Å². The van der Waals surface area contributed by atoms with Gasteiger partial charge in [0.1, 0.15) is 5.82 Å². The van der Waals surface area contributed by atoms with E-state index in [0.29, 0.717) is 29.7 Å². The highest BCUT2D eigenvalue weighted by Crippen LogP contribution is 2.29.